The van der Waals surface area contributed by atoms with Gasteiger partial charge >= 0.3 is 0 Å². The Kier molecular flexibility index (Phi) is 4.25. The molecule has 1 amide bonds. The number of carbonyl (C=O) groups is 1. The Morgan fingerprint density at radius 2 is 1.75 bits per heavy atom. The maximum absolute atomic E-state index is 12.9. The van der Waals surface area contributed by atoms with Crippen molar-refractivity contribution in [2.24, 2.45) is 5.92 Å². The van der Waals surface area contributed by atoms with Crippen molar-refractivity contribution in [3.63, 3.8) is 0 Å². The molecule has 2 heterocycles. The molecule has 0 bridgehead atoms. The normalized spacial score (nSPS) is 23.7. The highest BCUT2D eigenvalue weighted by atomic mass is 16.5. The van der Waals surface area contributed by atoms with Crippen LogP contribution < -0.4 is 9.47 Å². The number of hydrogen-bond donors (Lipinski definition) is 0. The number of methoxy groups -OCH3 is 2. The van der Waals surface area contributed by atoms with Crippen molar-refractivity contribution in [1.29, 1.82) is 0 Å². The Bertz CT molecular complexity index is 905. The average molecular weight is 382 g/mol. The summed E-state index contributed by atoms with van der Waals surface area (Å²) < 4.78 is 13.1. The van der Waals surface area contributed by atoms with Gasteiger partial charge in [0.25, 0.3) is 0 Å². The Hall–Kier alpha value is -2.57. The molecule has 1 aromatic heterocycles. The Labute approximate surface area is 164 Å². The van der Waals surface area contributed by atoms with Gasteiger partial charge in [0, 0.05) is 11.5 Å². The van der Waals surface area contributed by atoms with E-state index in [1.165, 1.54) is 12.8 Å². The van der Waals surface area contributed by atoms with Gasteiger partial charge in [-0.2, -0.15) is 0 Å². The number of aromatic nitrogens is 3. The molecule has 0 radical (unpaired) electrons. The standard InChI is InChI=1S/C21H26N4O3/c1-27-17-10-9-14(11-18(17)28-2)20-23-22-19-12-24(21(26)13-7-8-13)15-5-3-4-6-16(15)25(19)20/h9-11,13,15-16H,3-8,12H2,1-2H3. The van der Waals surface area contributed by atoms with Crippen LogP contribution in [0.2, 0.25) is 0 Å². The lowest BCUT2D eigenvalue weighted by atomic mass is 9.86. The molecule has 0 spiro atoms. The molecule has 28 heavy (non-hydrogen) atoms. The predicted octanol–water partition coefficient (Wildman–Crippen LogP) is 3.20. The first-order valence-corrected chi connectivity index (χ1v) is 10.2. The molecule has 2 atom stereocenters. The first-order chi connectivity index (χ1) is 13.7. The van der Waals surface area contributed by atoms with Crippen molar-refractivity contribution in [3.8, 4) is 22.9 Å². The number of ether oxygens (including phenoxy) is 2. The van der Waals surface area contributed by atoms with Crippen LogP contribution in [0.3, 0.4) is 0 Å². The van der Waals surface area contributed by atoms with Crippen molar-refractivity contribution in [1.82, 2.24) is 19.7 Å². The molecule has 1 aromatic carbocycles. The van der Waals surface area contributed by atoms with Crippen LogP contribution in [0.25, 0.3) is 11.4 Å². The van der Waals surface area contributed by atoms with Gasteiger partial charge in [0.1, 0.15) is 0 Å². The number of amides is 1. The molecule has 2 aliphatic carbocycles. The summed E-state index contributed by atoms with van der Waals surface area (Å²) in [7, 11) is 3.27. The Morgan fingerprint density at radius 1 is 1.00 bits per heavy atom. The molecule has 0 saturated heterocycles. The smallest absolute Gasteiger partial charge is 0.226 e. The van der Waals surface area contributed by atoms with Crippen LogP contribution >= 0.6 is 0 Å². The summed E-state index contributed by atoms with van der Waals surface area (Å²) in [6, 6.07) is 6.36. The zero-order valence-electron chi connectivity index (χ0n) is 16.4. The van der Waals surface area contributed by atoms with Crippen molar-refractivity contribution in [2.75, 3.05) is 14.2 Å². The molecule has 2 fully saturated rings. The second-order valence-electron chi connectivity index (χ2n) is 8.04. The third-order valence-corrected chi connectivity index (χ3v) is 6.36. The summed E-state index contributed by atoms with van der Waals surface area (Å²) in [5.74, 6) is 3.68. The molecule has 148 valence electrons. The highest BCUT2D eigenvalue weighted by molar-refractivity contribution is 5.81. The lowest BCUT2D eigenvalue weighted by molar-refractivity contribution is -0.139. The van der Waals surface area contributed by atoms with Gasteiger partial charge in [-0.1, -0.05) is 12.8 Å². The van der Waals surface area contributed by atoms with E-state index in [4.69, 9.17) is 9.47 Å². The maximum atomic E-state index is 12.9. The van der Waals surface area contributed by atoms with Gasteiger partial charge < -0.3 is 18.9 Å². The summed E-state index contributed by atoms with van der Waals surface area (Å²) in [5, 5.41) is 9.00. The minimum Gasteiger partial charge on any atom is -0.493 e. The third-order valence-electron chi connectivity index (χ3n) is 6.36. The average Bonchev–Trinajstić information content (AvgIpc) is 3.51. The van der Waals surface area contributed by atoms with Gasteiger partial charge in [-0.3, -0.25) is 4.79 Å². The van der Waals surface area contributed by atoms with E-state index in [0.717, 1.165) is 42.9 Å². The molecular formula is C21H26N4O3. The van der Waals surface area contributed by atoms with Crippen LogP contribution in [0.5, 0.6) is 11.5 Å². The van der Waals surface area contributed by atoms with Crippen LogP contribution in [-0.2, 0) is 11.3 Å². The summed E-state index contributed by atoms with van der Waals surface area (Å²) >= 11 is 0. The number of benzene rings is 1. The van der Waals surface area contributed by atoms with Crippen LogP contribution in [0, 0.1) is 5.92 Å². The largest absolute Gasteiger partial charge is 0.493 e. The van der Waals surface area contributed by atoms with E-state index in [-0.39, 0.29) is 18.0 Å². The lowest BCUT2D eigenvalue weighted by Gasteiger charge is -2.45. The molecule has 7 heteroatoms. The van der Waals surface area contributed by atoms with Crippen molar-refractivity contribution in [2.45, 2.75) is 57.2 Å². The van der Waals surface area contributed by atoms with E-state index in [2.05, 4.69) is 19.7 Å². The van der Waals surface area contributed by atoms with Crippen molar-refractivity contribution < 1.29 is 14.3 Å². The molecule has 1 aliphatic heterocycles. The number of nitrogens with zero attached hydrogens (tertiary/aromatic N) is 4. The number of carbonyl (C=O) groups excluding carboxylic acids is 1. The fourth-order valence-corrected chi connectivity index (χ4v) is 4.78. The summed E-state index contributed by atoms with van der Waals surface area (Å²) in [6.07, 6.45) is 6.55. The number of fused-ring (bicyclic) bond motifs is 3. The zero-order valence-corrected chi connectivity index (χ0v) is 16.4. The van der Waals surface area contributed by atoms with Gasteiger partial charge in [-0.05, 0) is 43.9 Å². The zero-order chi connectivity index (χ0) is 19.3. The van der Waals surface area contributed by atoms with E-state index < -0.39 is 0 Å². The second kappa shape index (κ2) is 6.79. The number of hydrogen-bond acceptors (Lipinski definition) is 5. The van der Waals surface area contributed by atoms with Gasteiger partial charge in [0.05, 0.1) is 32.8 Å². The SMILES string of the molecule is COc1ccc(-c2nnc3n2C2CCCCC2N(C(=O)C2CC2)C3)cc1OC. The molecule has 5 rings (SSSR count). The van der Waals surface area contributed by atoms with Crippen LogP contribution in [0.15, 0.2) is 18.2 Å². The molecular weight excluding hydrogens is 356 g/mol. The monoisotopic (exact) mass is 382 g/mol. The van der Waals surface area contributed by atoms with Crippen LogP contribution in [-0.4, -0.2) is 45.8 Å². The van der Waals surface area contributed by atoms with Crippen LogP contribution in [0.4, 0.5) is 0 Å². The molecule has 2 saturated carbocycles. The minimum absolute atomic E-state index is 0.238. The third kappa shape index (κ3) is 2.75. The molecule has 0 N–H and O–H groups in total. The highest BCUT2D eigenvalue weighted by Gasteiger charge is 2.44. The Morgan fingerprint density at radius 3 is 2.46 bits per heavy atom. The van der Waals surface area contributed by atoms with Gasteiger partial charge in [-0.25, -0.2) is 0 Å². The van der Waals surface area contributed by atoms with E-state index in [1.54, 1.807) is 14.2 Å². The summed E-state index contributed by atoms with van der Waals surface area (Å²) in [4.78, 5) is 15.0. The topological polar surface area (TPSA) is 69.5 Å². The first-order valence-electron chi connectivity index (χ1n) is 10.2. The quantitative estimate of drug-likeness (QED) is 0.812. The van der Waals surface area contributed by atoms with Crippen molar-refractivity contribution >= 4 is 5.91 Å². The van der Waals surface area contributed by atoms with E-state index >= 15 is 0 Å². The van der Waals surface area contributed by atoms with Gasteiger partial charge in [0.15, 0.2) is 23.1 Å². The fraction of sp³-hybridized carbons (Fsp3) is 0.571. The van der Waals surface area contributed by atoms with E-state index in [1.807, 2.05) is 18.2 Å². The fourth-order valence-electron chi connectivity index (χ4n) is 4.78. The second-order valence-corrected chi connectivity index (χ2v) is 8.04. The minimum atomic E-state index is 0.238. The van der Waals surface area contributed by atoms with E-state index in [9.17, 15) is 4.79 Å². The van der Waals surface area contributed by atoms with Crippen molar-refractivity contribution in [3.05, 3.63) is 24.0 Å². The maximum Gasteiger partial charge on any atom is 0.226 e. The lowest BCUT2D eigenvalue weighted by Crippen LogP contribution is -2.51. The molecule has 2 aromatic rings. The highest BCUT2D eigenvalue weighted by Crippen LogP contribution is 2.43. The molecule has 2 unspecified atom stereocenters. The Balaban J connectivity index is 1.55. The first kappa shape index (κ1) is 17.5. The van der Waals surface area contributed by atoms with Gasteiger partial charge in [0.2, 0.25) is 5.91 Å². The number of rotatable bonds is 4. The molecule has 3 aliphatic rings. The van der Waals surface area contributed by atoms with Crippen LogP contribution in [0.1, 0.15) is 50.4 Å². The summed E-state index contributed by atoms with van der Waals surface area (Å²) in [5.41, 5.74) is 0.961. The summed E-state index contributed by atoms with van der Waals surface area (Å²) in [6.45, 7) is 0.566. The van der Waals surface area contributed by atoms with E-state index in [0.29, 0.717) is 24.0 Å². The molecule has 7 nitrogen and oxygen atoms in total. The van der Waals surface area contributed by atoms with Gasteiger partial charge in [-0.15, -0.1) is 10.2 Å². The predicted molar refractivity (Wildman–Crippen MR) is 103 cm³/mol.